The number of carbonyl (C=O) groups is 1. The molecule has 0 spiro atoms. The van der Waals surface area contributed by atoms with E-state index in [1.54, 1.807) is 11.3 Å². The third-order valence-corrected chi connectivity index (χ3v) is 5.38. The molecule has 1 aromatic heterocycles. The molecule has 1 aromatic carbocycles. The number of hydrogen-bond donors (Lipinski definition) is 0. The Balaban J connectivity index is 1.72. The third-order valence-electron chi connectivity index (χ3n) is 3.94. The Morgan fingerprint density at radius 3 is 2.88 bits per heavy atom. The smallest absolute Gasteiger partial charge is 0.315 e. The van der Waals surface area contributed by atoms with Crippen LogP contribution in [-0.2, 0) is 16.0 Å². The van der Waals surface area contributed by atoms with E-state index in [2.05, 4.69) is 0 Å². The van der Waals surface area contributed by atoms with E-state index in [4.69, 9.17) is 26.1 Å². The molecule has 0 aliphatic heterocycles. The molecule has 2 aromatic rings. The Bertz CT molecular complexity index is 699. The molecule has 0 amide bonds. The molecule has 1 aliphatic rings. The van der Waals surface area contributed by atoms with Crippen molar-refractivity contribution in [1.29, 1.82) is 0 Å². The highest BCUT2D eigenvalue weighted by atomic mass is 35.5. The second kappa shape index (κ2) is 7.99. The summed E-state index contributed by atoms with van der Waals surface area (Å²) < 4.78 is 10.8. The van der Waals surface area contributed by atoms with Crippen molar-refractivity contribution < 1.29 is 14.3 Å². The van der Waals surface area contributed by atoms with Crippen molar-refractivity contribution in [2.45, 2.75) is 32.1 Å². The van der Waals surface area contributed by atoms with Crippen molar-refractivity contribution in [2.75, 3.05) is 19.1 Å². The van der Waals surface area contributed by atoms with Crippen LogP contribution in [0.3, 0.4) is 0 Å². The molecule has 0 fully saturated rings. The minimum Gasteiger partial charge on any atom is -0.494 e. The molecule has 0 radical (unpaired) electrons. The van der Waals surface area contributed by atoms with Gasteiger partial charge in [0.2, 0.25) is 0 Å². The highest BCUT2D eigenvalue weighted by Gasteiger charge is 2.33. The van der Waals surface area contributed by atoms with Gasteiger partial charge in [0.25, 0.3) is 0 Å². The first-order valence-corrected chi connectivity index (χ1v) is 9.53. The van der Waals surface area contributed by atoms with Crippen LogP contribution < -0.4 is 4.74 Å². The normalized spacial score (nSPS) is 16.0. The predicted octanol–water partition coefficient (Wildman–Crippen LogP) is 4.41. The molecule has 0 bridgehead atoms. The molecule has 4 nitrogen and oxygen atoms in total. The standard InChI is InChI=1S/C18H20ClNO3S/c1-2-22-18(21)14-8-9-15-16(14)20-17(24-15)12-4-6-13(7-5-12)23-11-3-10-19/h4-7,14H,2-3,8-11H2,1H3. The first-order valence-electron chi connectivity index (χ1n) is 8.18. The topological polar surface area (TPSA) is 48.4 Å². The van der Waals surface area contributed by atoms with Gasteiger partial charge >= 0.3 is 5.97 Å². The Labute approximate surface area is 150 Å². The maximum Gasteiger partial charge on any atom is 0.315 e. The first-order chi connectivity index (χ1) is 11.7. The van der Waals surface area contributed by atoms with Crippen LogP contribution in [0.5, 0.6) is 5.75 Å². The quantitative estimate of drug-likeness (QED) is 0.414. The van der Waals surface area contributed by atoms with E-state index in [9.17, 15) is 4.79 Å². The summed E-state index contributed by atoms with van der Waals surface area (Å²) >= 11 is 7.31. The maximum absolute atomic E-state index is 12.0. The summed E-state index contributed by atoms with van der Waals surface area (Å²) in [5, 5.41) is 0.946. The lowest BCUT2D eigenvalue weighted by molar-refractivity contribution is -0.145. The molecule has 24 heavy (non-hydrogen) atoms. The van der Waals surface area contributed by atoms with Crippen LogP contribution in [0.4, 0.5) is 0 Å². The molecule has 0 saturated carbocycles. The van der Waals surface area contributed by atoms with E-state index in [1.807, 2.05) is 31.2 Å². The van der Waals surface area contributed by atoms with Crippen LogP contribution in [0, 0.1) is 0 Å². The van der Waals surface area contributed by atoms with Crippen LogP contribution >= 0.6 is 22.9 Å². The third kappa shape index (κ3) is 3.73. The number of fused-ring (bicyclic) bond motifs is 1. The Hall–Kier alpha value is -1.59. The Morgan fingerprint density at radius 1 is 1.38 bits per heavy atom. The van der Waals surface area contributed by atoms with Gasteiger partial charge in [0.15, 0.2) is 0 Å². The zero-order valence-electron chi connectivity index (χ0n) is 13.6. The minimum absolute atomic E-state index is 0.156. The number of aryl methyl sites for hydroxylation is 1. The number of halogens is 1. The fraction of sp³-hybridized carbons (Fsp3) is 0.444. The van der Waals surface area contributed by atoms with Crippen LogP contribution in [0.2, 0.25) is 0 Å². The number of nitrogens with zero attached hydrogens (tertiary/aromatic N) is 1. The molecular formula is C18H20ClNO3S. The van der Waals surface area contributed by atoms with Gasteiger partial charge in [-0.05, 0) is 50.5 Å². The number of benzene rings is 1. The second-order valence-electron chi connectivity index (χ2n) is 5.59. The van der Waals surface area contributed by atoms with Crippen molar-refractivity contribution in [3.63, 3.8) is 0 Å². The summed E-state index contributed by atoms with van der Waals surface area (Å²) in [6.45, 7) is 2.86. The van der Waals surface area contributed by atoms with Crippen molar-refractivity contribution in [3.05, 3.63) is 34.8 Å². The first kappa shape index (κ1) is 17.2. The fourth-order valence-corrected chi connectivity index (χ4v) is 4.01. The van der Waals surface area contributed by atoms with E-state index < -0.39 is 0 Å². The Morgan fingerprint density at radius 2 is 2.17 bits per heavy atom. The summed E-state index contributed by atoms with van der Waals surface area (Å²) in [4.78, 5) is 17.9. The number of aromatic nitrogens is 1. The second-order valence-corrected chi connectivity index (χ2v) is 7.05. The molecule has 3 rings (SSSR count). The van der Waals surface area contributed by atoms with Gasteiger partial charge in [0.05, 0.1) is 18.9 Å². The van der Waals surface area contributed by atoms with Gasteiger partial charge in [0.1, 0.15) is 16.7 Å². The SMILES string of the molecule is CCOC(=O)C1CCc2sc(-c3ccc(OCCCCl)cc3)nc21. The molecule has 0 saturated heterocycles. The maximum atomic E-state index is 12.0. The molecule has 1 heterocycles. The molecule has 128 valence electrons. The molecule has 1 atom stereocenters. The van der Waals surface area contributed by atoms with Crippen molar-refractivity contribution in [3.8, 4) is 16.3 Å². The monoisotopic (exact) mass is 365 g/mol. The van der Waals surface area contributed by atoms with E-state index >= 15 is 0 Å². The lowest BCUT2D eigenvalue weighted by Crippen LogP contribution is -2.14. The van der Waals surface area contributed by atoms with Crippen molar-refractivity contribution in [2.24, 2.45) is 0 Å². The average molecular weight is 366 g/mol. The van der Waals surface area contributed by atoms with Gasteiger partial charge in [-0.2, -0.15) is 0 Å². The number of ether oxygens (including phenoxy) is 2. The largest absolute Gasteiger partial charge is 0.494 e. The summed E-state index contributed by atoms with van der Waals surface area (Å²) in [6.07, 6.45) is 2.54. The van der Waals surface area contributed by atoms with Gasteiger partial charge in [-0.25, -0.2) is 4.98 Å². The van der Waals surface area contributed by atoms with E-state index in [0.29, 0.717) is 19.1 Å². The highest BCUT2D eigenvalue weighted by Crippen LogP contribution is 2.40. The van der Waals surface area contributed by atoms with Gasteiger partial charge in [-0.15, -0.1) is 22.9 Å². The number of alkyl halides is 1. The molecular weight excluding hydrogens is 346 g/mol. The minimum atomic E-state index is -0.205. The zero-order valence-corrected chi connectivity index (χ0v) is 15.2. The highest BCUT2D eigenvalue weighted by molar-refractivity contribution is 7.15. The fourth-order valence-electron chi connectivity index (χ4n) is 2.76. The Kier molecular flexibility index (Phi) is 5.74. The zero-order chi connectivity index (χ0) is 16.9. The summed E-state index contributed by atoms with van der Waals surface area (Å²) in [5.74, 6) is 1.07. The molecule has 0 N–H and O–H groups in total. The molecule has 6 heteroatoms. The summed E-state index contributed by atoms with van der Waals surface area (Å²) in [7, 11) is 0. The number of carbonyl (C=O) groups excluding carboxylic acids is 1. The number of hydrogen-bond acceptors (Lipinski definition) is 5. The van der Waals surface area contributed by atoms with E-state index in [1.165, 1.54) is 4.88 Å². The van der Waals surface area contributed by atoms with Crippen LogP contribution in [0.25, 0.3) is 10.6 Å². The van der Waals surface area contributed by atoms with Crippen molar-refractivity contribution >= 4 is 28.9 Å². The predicted molar refractivity (Wildman–Crippen MR) is 96.1 cm³/mol. The lowest BCUT2D eigenvalue weighted by Gasteiger charge is -2.08. The van der Waals surface area contributed by atoms with E-state index in [0.717, 1.165) is 41.3 Å². The van der Waals surface area contributed by atoms with Crippen LogP contribution in [-0.4, -0.2) is 30.0 Å². The number of esters is 1. The van der Waals surface area contributed by atoms with Crippen LogP contribution in [0.1, 0.15) is 36.3 Å². The molecule has 1 aliphatic carbocycles. The van der Waals surface area contributed by atoms with Gasteiger partial charge < -0.3 is 9.47 Å². The number of thiazole rings is 1. The lowest BCUT2D eigenvalue weighted by atomic mass is 10.1. The van der Waals surface area contributed by atoms with Crippen molar-refractivity contribution in [1.82, 2.24) is 4.98 Å². The molecule has 1 unspecified atom stereocenters. The average Bonchev–Trinajstić information content (AvgIpc) is 3.16. The summed E-state index contributed by atoms with van der Waals surface area (Å²) in [6, 6.07) is 7.89. The summed E-state index contributed by atoms with van der Waals surface area (Å²) in [5.41, 5.74) is 1.94. The number of rotatable bonds is 7. The van der Waals surface area contributed by atoms with E-state index in [-0.39, 0.29) is 11.9 Å². The van der Waals surface area contributed by atoms with Gasteiger partial charge in [-0.3, -0.25) is 4.79 Å². The van der Waals surface area contributed by atoms with Gasteiger partial charge in [0, 0.05) is 16.3 Å². The van der Waals surface area contributed by atoms with Gasteiger partial charge in [-0.1, -0.05) is 0 Å². The van der Waals surface area contributed by atoms with Crippen LogP contribution in [0.15, 0.2) is 24.3 Å².